The summed E-state index contributed by atoms with van der Waals surface area (Å²) >= 11 is 2.13. The summed E-state index contributed by atoms with van der Waals surface area (Å²) in [5, 5.41) is 1.01. The van der Waals surface area contributed by atoms with Gasteiger partial charge in [-0.2, -0.15) is 0 Å². The molecule has 0 unspecified atom stereocenters. The summed E-state index contributed by atoms with van der Waals surface area (Å²) in [5.74, 6) is -1.19. The molecule has 1 aromatic heterocycles. The lowest BCUT2D eigenvalue weighted by atomic mass is 10.1. The largest absolute Gasteiger partial charge is 0.247 e. The normalized spacial score (nSPS) is 10.9. The molecule has 0 N–H and O–H groups in total. The second kappa shape index (κ2) is 4.85. The van der Waals surface area contributed by atoms with Crippen molar-refractivity contribution in [2.75, 3.05) is 0 Å². The Bertz CT molecular complexity index is 751. The number of hydrogen-bond donors (Lipinski definition) is 0. The Morgan fingerprint density at radius 3 is 2.32 bits per heavy atom. The molecule has 2 aromatic carbocycles. The van der Waals surface area contributed by atoms with Gasteiger partial charge in [0.1, 0.15) is 11.6 Å². The standard InChI is InChI=1S/C15H8F2IN/c16-11-5-10(6-12(17)8-11)15-13(18)7-9-3-1-2-4-14(9)19-15/h1-8H. The van der Waals surface area contributed by atoms with E-state index < -0.39 is 11.6 Å². The lowest BCUT2D eigenvalue weighted by Gasteiger charge is -2.07. The van der Waals surface area contributed by atoms with Gasteiger partial charge in [-0.15, -0.1) is 0 Å². The average molecular weight is 367 g/mol. The van der Waals surface area contributed by atoms with Crippen LogP contribution >= 0.6 is 22.6 Å². The average Bonchev–Trinajstić information content (AvgIpc) is 2.36. The van der Waals surface area contributed by atoms with Crippen LogP contribution in [0.25, 0.3) is 22.2 Å². The van der Waals surface area contributed by atoms with E-state index in [1.165, 1.54) is 12.1 Å². The number of aromatic nitrogens is 1. The van der Waals surface area contributed by atoms with Gasteiger partial charge in [0.2, 0.25) is 0 Å². The quantitative estimate of drug-likeness (QED) is 0.564. The minimum Gasteiger partial charge on any atom is -0.247 e. The fraction of sp³-hybridized carbons (Fsp3) is 0. The highest BCUT2D eigenvalue weighted by Gasteiger charge is 2.09. The molecule has 0 amide bonds. The number of benzene rings is 2. The molecule has 0 fully saturated rings. The topological polar surface area (TPSA) is 12.9 Å². The summed E-state index contributed by atoms with van der Waals surface area (Å²) in [6.07, 6.45) is 0. The van der Waals surface area contributed by atoms with Crippen LogP contribution in [0.4, 0.5) is 8.78 Å². The van der Waals surface area contributed by atoms with Crippen molar-refractivity contribution in [3.8, 4) is 11.3 Å². The van der Waals surface area contributed by atoms with Crippen molar-refractivity contribution >= 4 is 33.5 Å². The van der Waals surface area contributed by atoms with Crippen LogP contribution in [0.15, 0.2) is 48.5 Å². The van der Waals surface area contributed by atoms with Crippen LogP contribution in [0, 0.1) is 15.2 Å². The van der Waals surface area contributed by atoms with E-state index in [0.717, 1.165) is 20.5 Å². The van der Waals surface area contributed by atoms with Crippen LogP contribution in [-0.4, -0.2) is 4.98 Å². The van der Waals surface area contributed by atoms with Crippen LogP contribution in [0.2, 0.25) is 0 Å². The molecule has 0 saturated heterocycles. The number of halogens is 3. The van der Waals surface area contributed by atoms with E-state index in [-0.39, 0.29) is 0 Å². The highest BCUT2D eigenvalue weighted by Crippen LogP contribution is 2.27. The van der Waals surface area contributed by atoms with Crippen LogP contribution in [0.3, 0.4) is 0 Å². The van der Waals surface area contributed by atoms with Crippen molar-refractivity contribution in [3.05, 3.63) is 63.7 Å². The third-order valence-corrected chi connectivity index (χ3v) is 3.64. The predicted octanol–water partition coefficient (Wildman–Crippen LogP) is 4.78. The lowest BCUT2D eigenvalue weighted by molar-refractivity contribution is 0.584. The number of nitrogens with zero attached hydrogens (tertiary/aromatic N) is 1. The fourth-order valence-corrected chi connectivity index (χ4v) is 2.75. The molecule has 0 atom stereocenters. The third kappa shape index (κ3) is 2.45. The SMILES string of the molecule is Fc1cc(F)cc(-c2nc3ccccc3cc2I)c1. The fourth-order valence-electron chi connectivity index (χ4n) is 1.98. The zero-order valence-corrected chi connectivity index (χ0v) is 11.9. The van der Waals surface area contributed by atoms with Gasteiger partial charge in [-0.1, -0.05) is 18.2 Å². The first kappa shape index (κ1) is 12.5. The molecular weight excluding hydrogens is 359 g/mol. The van der Waals surface area contributed by atoms with Crippen molar-refractivity contribution < 1.29 is 8.78 Å². The van der Waals surface area contributed by atoms with Crippen LogP contribution in [0.1, 0.15) is 0 Å². The van der Waals surface area contributed by atoms with E-state index in [2.05, 4.69) is 27.6 Å². The molecule has 0 aliphatic rings. The predicted molar refractivity (Wildman–Crippen MR) is 79.8 cm³/mol. The second-order valence-electron chi connectivity index (χ2n) is 4.17. The number of para-hydroxylation sites is 1. The molecule has 3 rings (SSSR count). The molecule has 3 aromatic rings. The summed E-state index contributed by atoms with van der Waals surface area (Å²) in [6.45, 7) is 0. The van der Waals surface area contributed by atoms with E-state index >= 15 is 0 Å². The van der Waals surface area contributed by atoms with Gasteiger partial charge < -0.3 is 0 Å². The molecule has 0 spiro atoms. The number of hydrogen-bond acceptors (Lipinski definition) is 1. The van der Waals surface area contributed by atoms with Crippen molar-refractivity contribution in [1.82, 2.24) is 4.98 Å². The Labute approximate surface area is 122 Å². The number of rotatable bonds is 1. The Morgan fingerprint density at radius 1 is 0.895 bits per heavy atom. The number of pyridine rings is 1. The highest BCUT2D eigenvalue weighted by molar-refractivity contribution is 14.1. The monoisotopic (exact) mass is 367 g/mol. The Kier molecular flexibility index (Phi) is 3.18. The van der Waals surface area contributed by atoms with Gasteiger partial charge in [-0.05, 0) is 46.9 Å². The van der Waals surface area contributed by atoms with Crippen molar-refractivity contribution in [2.45, 2.75) is 0 Å². The smallest absolute Gasteiger partial charge is 0.126 e. The summed E-state index contributed by atoms with van der Waals surface area (Å²) in [6, 6.07) is 13.1. The molecule has 1 heterocycles. The van der Waals surface area contributed by atoms with Gasteiger partial charge in [-0.3, -0.25) is 0 Å². The maximum absolute atomic E-state index is 13.3. The molecule has 0 aliphatic heterocycles. The minimum absolute atomic E-state index is 0.452. The Hall–Kier alpha value is -1.56. The second-order valence-corrected chi connectivity index (χ2v) is 5.33. The maximum Gasteiger partial charge on any atom is 0.126 e. The van der Waals surface area contributed by atoms with E-state index in [1.807, 2.05) is 30.3 Å². The van der Waals surface area contributed by atoms with Gasteiger partial charge >= 0.3 is 0 Å². The zero-order chi connectivity index (χ0) is 13.4. The first-order valence-electron chi connectivity index (χ1n) is 5.65. The summed E-state index contributed by atoms with van der Waals surface area (Å²) in [7, 11) is 0. The highest BCUT2D eigenvalue weighted by atomic mass is 127. The molecule has 94 valence electrons. The van der Waals surface area contributed by atoms with Gasteiger partial charge in [0.25, 0.3) is 0 Å². The van der Waals surface area contributed by atoms with Gasteiger partial charge in [0, 0.05) is 20.6 Å². The van der Waals surface area contributed by atoms with Crippen molar-refractivity contribution in [3.63, 3.8) is 0 Å². The first-order valence-corrected chi connectivity index (χ1v) is 6.73. The van der Waals surface area contributed by atoms with Gasteiger partial charge in [-0.25, -0.2) is 13.8 Å². The molecule has 19 heavy (non-hydrogen) atoms. The van der Waals surface area contributed by atoms with Crippen LogP contribution in [0.5, 0.6) is 0 Å². The van der Waals surface area contributed by atoms with Crippen molar-refractivity contribution in [2.24, 2.45) is 0 Å². The summed E-state index contributed by atoms with van der Waals surface area (Å²) in [4.78, 5) is 4.49. The van der Waals surface area contributed by atoms with E-state index in [1.54, 1.807) is 0 Å². The Morgan fingerprint density at radius 2 is 1.58 bits per heavy atom. The van der Waals surface area contributed by atoms with Crippen LogP contribution < -0.4 is 0 Å². The molecule has 0 bridgehead atoms. The lowest BCUT2D eigenvalue weighted by Crippen LogP contribution is -1.92. The molecule has 4 heteroatoms. The third-order valence-electron chi connectivity index (χ3n) is 2.81. The summed E-state index contributed by atoms with van der Waals surface area (Å²) < 4.78 is 27.4. The van der Waals surface area contributed by atoms with Crippen molar-refractivity contribution in [1.29, 1.82) is 0 Å². The zero-order valence-electron chi connectivity index (χ0n) is 9.70. The molecular formula is C15H8F2IN. The maximum atomic E-state index is 13.3. The molecule has 0 aliphatic carbocycles. The van der Waals surface area contributed by atoms with E-state index in [4.69, 9.17) is 0 Å². The molecule has 1 nitrogen and oxygen atoms in total. The molecule has 0 saturated carbocycles. The van der Waals surface area contributed by atoms with Crippen LogP contribution in [-0.2, 0) is 0 Å². The first-order chi connectivity index (χ1) is 9.13. The Balaban J connectivity index is 2.26. The molecule has 0 radical (unpaired) electrons. The minimum atomic E-state index is -0.597. The summed E-state index contributed by atoms with van der Waals surface area (Å²) in [5.41, 5.74) is 1.85. The van der Waals surface area contributed by atoms with E-state index in [9.17, 15) is 8.78 Å². The van der Waals surface area contributed by atoms with Gasteiger partial charge in [0.15, 0.2) is 0 Å². The van der Waals surface area contributed by atoms with E-state index in [0.29, 0.717) is 11.3 Å². The number of fused-ring (bicyclic) bond motifs is 1. The van der Waals surface area contributed by atoms with Gasteiger partial charge in [0.05, 0.1) is 11.2 Å².